The Balaban J connectivity index is 1.52. The molecule has 1 aromatic carbocycles. The summed E-state index contributed by atoms with van der Waals surface area (Å²) in [6.45, 7) is 9.74. The molecule has 1 N–H and O–H groups in total. The molecular weight excluding hydrogens is 356 g/mol. The van der Waals surface area contributed by atoms with E-state index in [1.807, 2.05) is 0 Å². The average molecular weight is 387 g/mol. The summed E-state index contributed by atoms with van der Waals surface area (Å²) < 4.78 is 0. The van der Waals surface area contributed by atoms with Gasteiger partial charge >= 0.3 is 0 Å². The first-order valence-electron chi connectivity index (χ1n) is 10.9. The molecular formula is C25H30N4. The number of piperazine rings is 1. The minimum Gasteiger partial charge on any atom is -0.368 e. The Hall–Kier alpha value is -2.59. The summed E-state index contributed by atoms with van der Waals surface area (Å²) in [6, 6.07) is 7.19. The van der Waals surface area contributed by atoms with Crippen LogP contribution < -0.4 is 5.32 Å². The fourth-order valence-electron chi connectivity index (χ4n) is 4.41. The Kier molecular flexibility index (Phi) is 4.67. The minimum atomic E-state index is 0.523. The van der Waals surface area contributed by atoms with Gasteiger partial charge in [-0.3, -0.25) is 4.90 Å². The van der Waals surface area contributed by atoms with Crippen LogP contribution in [-0.4, -0.2) is 41.3 Å². The lowest BCUT2D eigenvalue weighted by Gasteiger charge is -2.38. The van der Waals surface area contributed by atoms with E-state index in [0.717, 1.165) is 31.2 Å². The van der Waals surface area contributed by atoms with Crippen LogP contribution in [0.1, 0.15) is 42.9 Å². The zero-order valence-corrected chi connectivity index (χ0v) is 17.7. The number of nitrogens with zero attached hydrogens (tertiary/aromatic N) is 3. The van der Waals surface area contributed by atoms with Gasteiger partial charge in [0.1, 0.15) is 5.84 Å². The van der Waals surface area contributed by atoms with Crippen molar-refractivity contribution >= 4 is 11.5 Å². The number of hydrogen-bond donors (Lipinski definition) is 1. The van der Waals surface area contributed by atoms with Gasteiger partial charge in [-0.05, 0) is 81.0 Å². The molecule has 4 nitrogen and oxygen atoms in total. The largest absolute Gasteiger partial charge is 0.368 e. The summed E-state index contributed by atoms with van der Waals surface area (Å²) in [5, 5.41) is 3.54. The molecule has 3 heterocycles. The molecule has 1 aliphatic carbocycles. The highest BCUT2D eigenvalue weighted by atomic mass is 15.3. The number of fused-ring (bicyclic) bond motifs is 1. The SMILES string of the molecule is Cc1ccc(C2=CC(=C3CCC3)N3C=C(N4CCN[C@@H](C)C4)C=CC3=N2)cc1C. The molecule has 1 aromatic rings. The van der Waals surface area contributed by atoms with Crippen LogP contribution in [0.4, 0.5) is 0 Å². The van der Waals surface area contributed by atoms with Gasteiger partial charge < -0.3 is 10.2 Å². The van der Waals surface area contributed by atoms with Gasteiger partial charge in [0.2, 0.25) is 0 Å². The first kappa shape index (κ1) is 18.4. The molecule has 0 radical (unpaired) electrons. The first-order chi connectivity index (χ1) is 14.1. The monoisotopic (exact) mass is 386 g/mol. The third-order valence-corrected chi connectivity index (χ3v) is 6.54. The van der Waals surface area contributed by atoms with Crippen LogP contribution in [0.3, 0.4) is 0 Å². The Morgan fingerprint density at radius 2 is 1.97 bits per heavy atom. The summed E-state index contributed by atoms with van der Waals surface area (Å²) in [7, 11) is 0. The lowest BCUT2D eigenvalue weighted by Crippen LogP contribution is -2.49. The van der Waals surface area contributed by atoms with E-state index in [9.17, 15) is 0 Å². The second kappa shape index (κ2) is 7.34. The highest BCUT2D eigenvalue weighted by molar-refractivity contribution is 6.02. The van der Waals surface area contributed by atoms with Gasteiger partial charge in [0.25, 0.3) is 0 Å². The quantitative estimate of drug-likeness (QED) is 0.812. The molecule has 4 heteroatoms. The average Bonchev–Trinajstić information content (AvgIpc) is 2.68. The van der Waals surface area contributed by atoms with Gasteiger partial charge in [-0.1, -0.05) is 12.1 Å². The van der Waals surface area contributed by atoms with Gasteiger partial charge in [-0.2, -0.15) is 0 Å². The van der Waals surface area contributed by atoms with Gasteiger partial charge in [-0.25, -0.2) is 4.99 Å². The summed E-state index contributed by atoms with van der Waals surface area (Å²) in [6.07, 6.45) is 12.7. The van der Waals surface area contributed by atoms with E-state index in [0.29, 0.717) is 6.04 Å². The molecule has 0 aromatic heterocycles. The van der Waals surface area contributed by atoms with Crippen molar-refractivity contribution in [3.05, 3.63) is 76.3 Å². The molecule has 0 unspecified atom stereocenters. The van der Waals surface area contributed by atoms with E-state index in [1.54, 1.807) is 5.57 Å². The lowest BCUT2D eigenvalue weighted by atomic mass is 9.88. The Labute approximate surface area is 174 Å². The van der Waals surface area contributed by atoms with Crippen molar-refractivity contribution in [3.8, 4) is 0 Å². The molecule has 29 heavy (non-hydrogen) atoms. The molecule has 1 saturated heterocycles. The zero-order chi connectivity index (χ0) is 20.0. The van der Waals surface area contributed by atoms with Crippen molar-refractivity contribution in [2.75, 3.05) is 19.6 Å². The maximum Gasteiger partial charge on any atom is 0.137 e. The van der Waals surface area contributed by atoms with Crippen LogP contribution in [0, 0.1) is 13.8 Å². The number of amidine groups is 1. The third-order valence-electron chi connectivity index (χ3n) is 6.54. The predicted molar refractivity (Wildman–Crippen MR) is 120 cm³/mol. The summed E-state index contributed by atoms with van der Waals surface area (Å²) in [4.78, 5) is 9.84. The molecule has 0 spiro atoms. The lowest BCUT2D eigenvalue weighted by molar-refractivity contribution is 0.259. The fraction of sp³-hybridized carbons (Fsp3) is 0.400. The molecule has 1 atom stereocenters. The smallest absolute Gasteiger partial charge is 0.137 e. The molecule has 0 amide bonds. The van der Waals surface area contributed by atoms with E-state index in [2.05, 4.69) is 78.5 Å². The van der Waals surface area contributed by atoms with Crippen molar-refractivity contribution in [3.63, 3.8) is 0 Å². The van der Waals surface area contributed by atoms with Crippen LogP contribution in [0.2, 0.25) is 0 Å². The Morgan fingerprint density at radius 1 is 1.10 bits per heavy atom. The van der Waals surface area contributed by atoms with Crippen LogP contribution in [0.15, 0.2) is 64.6 Å². The normalized spacial score (nSPS) is 24.0. The molecule has 5 rings (SSSR count). The molecule has 150 valence electrons. The van der Waals surface area contributed by atoms with Crippen LogP contribution in [-0.2, 0) is 0 Å². The Morgan fingerprint density at radius 3 is 2.69 bits per heavy atom. The Bertz CT molecular complexity index is 986. The van der Waals surface area contributed by atoms with E-state index >= 15 is 0 Å². The summed E-state index contributed by atoms with van der Waals surface area (Å²) in [5.74, 6) is 1.03. The standard InChI is InChI=1S/C25H30N4/c1-17-7-8-21(13-18(17)2)23-14-24(20-5-4-6-20)29-16-22(9-10-25(29)27-23)28-12-11-26-19(3)15-28/h7-10,13-14,16,19,26H,4-6,11-12,15H2,1-3H3/t19-/m0/s1. The maximum absolute atomic E-state index is 5.04. The zero-order valence-electron chi connectivity index (χ0n) is 17.7. The topological polar surface area (TPSA) is 30.9 Å². The van der Waals surface area contributed by atoms with Crippen molar-refractivity contribution in [1.82, 2.24) is 15.1 Å². The number of rotatable bonds is 2. The van der Waals surface area contributed by atoms with Gasteiger partial charge in [0.05, 0.1) is 11.4 Å². The van der Waals surface area contributed by atoms with Gasteiger partial charge in [-0.15, -0.1) is 0 Å². The maximum atomic E-state index is 5.04. The molecule has 2 fully saturated rings. The second-order valence-electron chi connectivity index (χ2n) is 8.70. The summed E-state index contributed by atoms with van der Waals surface area (Å²) >= 11 is 0. The number of benzene rings is 1. The number of aliphatic imine (C=N–C) groups is 1. The fourth-order valence-corrected chi connectivity index (χ4v) is 4.41. The van der Waals surface area contributed by atoms with E-state index < -0.39 is 0 Å². The van der Waals surface area contributed by atoms with E-state index in [-0.39, 0.29) is 0 Å². The number of hydrogen-bond acceptors (Lipinski definition) is 4. The summed E-state index contributed by atoms with van der Waals surface area (Å²) in [5.41, 5.74) is 9.10. The van der Waals surface area contributed by atoms with E-state index in [1.165, 1.54) is 47.3 Å². The van der Waals surface area contributed by atoms with E-state index in [4.69, 9.17) is 4.99 Å². The molecule has 1 saturated carbocycles. The molecule has 4 aliphatic rings. The molecule has 3 aliphatic heterocycles. The van der Waals surface area contributed by atoms with Crippen molar-refractivity contribution in [2.45, 2.75) is 46.1 Å². The first-order valence-corrected chi connectivity index (χ1v) is 10.9. The highest BCUT2D eigenvalue weighted by Gasteiger charge is 2.27. The second-order valence-corrected chi connectivity index (χ2v) is 8.70. The minimum absolute atomic E-state index is 0.523. The van der Waals surface area contributed by atoms with Crippen molar-refractivity contribution in [2.24, 2.45) is 4.99 Å². The van der Waals surface area contributed by atoms with Crippen LogP contribution in [0.25, 0.3) is 5.70 Å². The van der Waals surface area contributed by atoms with Gasteiger partial charge in [0.15, 0.2) is 0 Å². The third kappa shape index (κ3) is 3.46. The predicted octanol–water partition coefficient (Wildman–Crippen LogP) is 4.50. The number of allylic oxidation sites excluding steroid dienone is 3. The molecule has 0 bridgehead atoms. The van der Waals surface area contributed by atoms with Crippen LogP contribution in [0.5, 0.6) is 0 Å². The highest BCUT2D eigenvalue weighted by Crippen LogP contribution is 2.37. The van der Waals surface area contributed by atoms with Gasteiger partial charge in [0, 0.05) is 43.1 Å². The van der Waals surface area contributed by atoms with Crippen LogP contribution >= 0.6 is 0 Å². The number of nitrogens with one attached hydrogen (secondary N) is 1. The van der Waals surface area contributed by atoms with Crippen molar-refractivity contribution < 1.29 is 0 Å². The number of aryl methyl sites for hydroxylation is 2. The van der Waals surface area contributed by atoms with Crippen molar-refractivity contribution in [1.29, 1.82) is 0 Å².